The average Bonchev–Trinajstić information content (AvgIpc) is 2.58. The van der Waals surface area contributed by atoms with Gasteiger partial charge >= 0.3 is 0 Å². The number of benzene rings is 3. The molecule has 2 N–H and O–H groups in total. The number of hydrogen-bond donors (Lipinski definition) is 1. The van der Waals surface area contributed by atoms with E-state index in [-0.39, 0.29) is 5.78 Å². The van der Waals surface area contributed by atoms with Crippen molar-refractivity contribution in [3.05, 3.63) is 90.0 Å². The number of hydrogen-bond acceptors (Lipinski definition) is 3. The van der Waals surface area contributed by atoms with Crippen LogP contribution < -0.4 is 10.5 Å². The van der Waals surface area contributed by atoms with Crippen LogP contribution in [0, 0.1) is 0 Å². The van der Waals surface area contributed by atoms with Gasteiger partial charge in [-0.05, 0) is 24.3 Å². The Morgan fingerprint density at radius 2 is 1.32 bits per heavy atom. The molecular formula is C19H15NO2. The highest BCUT2D eigenvalue weighted by atomic mass is 16.5. The van der Waals surface area contributed by atoms with E-state index < -0.39 is 0 Å². The third kappa shape index (κ3) is 2.83. The third-order valence-electron chi connectivity index (χ3n) is 3.31. The molecule has 0 unspecified atom stereocenters. The lowest BCUT2D eigenvalue weighted by Crippen LogP contribution is -2.03. The van der Waals surface area contributed by atoms with Gasteiger partial charge < -0.3 is 10.5 Å². The predicted molar refractivity (Wildman–Crippen MR) is 87.2 cm³/mol. The van der Waals surface area contributed by atoms with Crippen LogP contribution in [0.4, 0.5) is 5.69 Å². The van der Waals surface area contributed by atoms with Crippen LogP contribution in [-0.2, 0) is 0 Å². The van der Waals surface area contributed by atoms with Crippen LogP contribution in [0.2, 0.25) is 0 Å². The minimum atomic E-state index is -0.0781. The van der Waals surface area contributed by atoms with Gasteiger partial charge in [0.15, 0.2) is 5.78 Å². The zero-order chi connectivity index (χ0) is 15.4. The van der Waals surface area contributed by atoms with Gasteiger partial charge in [0.05, 0.1) is 11.3 Å². The van der Waals surface area contributed by atoms with Crippen molar-refractivity contribution in [1.82, 2.24) is 0 Å². The SMILES string of the molecule is Nc1ccccc1Oc1ccccc1C(=O)c1ccccc1. The first-order valence-corrected chi connectivity index (χ1v) is 6.97. The molecule has 0 bridgehead atoms. The molecule has 0 fully saturated rings. The van der Waals surface area contributed by atoms with Crippen molar-refractivity contribution in [1.29, 1.82) is 0 Å². The zero-order valence-corrected chi connectivity index (χ0v) is 11.9. The lowest BCUT2D eigenvalue weighted by molar-refractivity contribution is 0.103. The molecule has 0 atom stereocenters. The Morgan fingerprint density at radius 1 is 0.727 bits per heavy atom. The number of carbonyl (C=O) groups excluding carboxylic acids is 1. The summed E-state index contributed by atoms with van der Waals surface area (Å²) in [7, 11) is 0. The van der Waals surface area contributed by atoms with E-state index in [2.05, 4.69) is 0 Å². The zero-order valence-electron chi connectivity index (χ0n) is 11.9. The van der Waals surface area contributed by atoms with E-state index in [1.165, 1.54) is 0 Å². The van der Waals surface area contributed by atoms with E-state index >= 15 is 0 Å². The quantitative estimate of drug-likeness (QED) is 0.575. The minimum Gasteiger partial charge on any atom is -0.454 e. The van der Waals surface area contributed by atoms with Gasteiger partial charge in [0.2, 0.25) is 0 Å². The van der Waals surface area contributed by atoms with E-state index in [1.807, 2.05) is 42.5 Å². The Kier molecular flexibility index (Phi) is 3.88. The lowest BCUT2D eigenvalue weighted by Gasteiger charge is -2.12. The number of nitrogens with two attached hydrogens (primary N) is 1. The van der Waals surface area contributed by atoms with Crippen LogP contribution >= 0.6 is 0 Å². The van der Waals surface area contributed by atoms with Crippen LogP contribution in [0.5, 0.6) is 11.5 Å². The van der Waals surface area contributed by atoms with Gasteiger partial charge in [0.25, 0.3) is 0 Å². The normalized spacial score (nSPS) is 10.2. The molecule has 0 saturated carbocycles. The number of anilines is 1. The summed E-state index contributed by atoms with van der Waals surface area (Å²) in [6.07, 6.45) is 0. The molecule has 3 aromatic carbocycles. The summed E-state index contributed by atoms with van der Waals surface area (Å²) in [6.45, 7) is 0. The lowest BCUT2D eigenvalue weighted by atomic mass is 10.0. The van der Waals surface area contributed by atoms with Crippen molar-refractivity contribution in [2.45, 2.75) is 0 Å². The molecular weight excluding hydrogens is 274 g/mol. The van der Waals surface area contributed by atoms with Gasteiger partial charge in [-0.3, -0.25) is 4.79 Å². The number of carbonyl (C=O) groups is 1. The Labute approximate surface area is 129 Å². The van der Waals surface area contributed by atoms with E-state index in [0.717, 1.165) is 0 Å². The van der Waals surface area contributed by atoms with Gasteiger partial charge in [-0.2, -0.15) is 0 Å². The second-order valence-corrected chi connectivity index (χ2v) is 4.83. The first-order chi connectivity index (χ1) is 10.8. The van der Waals surface area contributed by atoms with Gasteiger partial charge in [-0.15, -0.1) is 0 Å². The molecule has 3 nitrogen and oxygen atoms in total. The van der Waals surface area contributed by atoms with Crippen molar-refractivity contribution in [2.24, 2.45) is 0 Å². The highest BCUT2D eigenvalue weighted by Gasteiger charge is 2.15. The van der Waals surface area contributed by atoms with Gasteiger partial charge in [-0.1, -0.05) is 54.6 Å². The number of ether oxygens (including phenoxy) is 1. The summed E-state index contributed by atoms with van der Waals surface area (Å²) in [5.41, 5.74) is 7.56. The van der Waals surface area contributed by atoms with E-state index in [4.69, 9.17) is 10.5 Å². The van der Waals surface area contributed by atoms with Crippen molar-refractivity contribution >= 4 is 11.5 Å². The molecule has 0 amide bonds. The Bertz CT molecular complexity index is 797. The Hall–Kier alpha value is -3.07. The Balaban J connectivity index is 1.97. The summed E-state index contributed by atoms with van der Waals surface area (Å²) in [5, 5.41) is 0. The Morgan fingerprint density at radius 3 is 2.05 bits per heavy atom. The van der Waals surface area contributed by atoms with E-state index in [0.29, 0.717) is 28.3 Å². The molecule has 0 aromatic heterocycles. The predicted octanol–water partition coefficient (Wildman–Crippen LogP) is 4.29. The molecule has 3 heteroatoms. The molecule has 0 aliphatic rings. The maximum Gasteiger partial charge on any atom is 0.196 e. The molecule has 0 heterocycles. The number of rotatable bonds is 4. The molecule has 3 rings (SSSR count). The van der Waals surface area contributed by atoms with Crippen molar-refractivity contribution in [3.63, 3.8) is 0 Å². The summed E-state index contributed by atoms with van der Waals surface area (Å²) >= 11 is 0. The summed E-state index contributed by atoms with van der Waals surface area (Å²) in [5.74, 6) is 0.954. The summed E-state index contributed by atoms with van der Waals surface area (Å²) in [6, 6.07) is 23.5. The summed E-state index contributed by atoms with van der Waals surface area (Å²) in [4.78, 5) is 12.6. The number of para-hydroxylation sites is 3. The third-order valence-corrected chi connectivity index (χ3v) is 3.31. The fourth-order valence-corrected chi connectivity index (χ4v) is 2.18. The average molecular weight is 289 g/mol. The fourth-order valence-electron chi connectivity index (χ4n) is 2.18. The van der Waals surface area contributed by atoms with Crippen LogP contribution in [-0.4, -0.2) is 5.78 Å². The standard InChI is InChI=1S/C19H15NO2/c20-16-11-5-7-13-18(16)22-17-12-6-4-10-15(17)19(21)14-8-2-1-3-9-14/h1-13H,20H2. The van der Waals surface area contributed by atoms with Crippen LogP contribution in [0.15, 0.2) is 78.9 Å². The van der Waals surface area contributed by atoms with Crippen molar-refractivity contribution in [2.75, 3.05) is 5.73 Å². The van der Waals surface area contributed by atoms with Gasteiger partial charge in [0, 0.05) is 5.56 Å². The van der Waals surface area contributed by atoms with Crippen LogP contribution in [0.3, 0.4) is 0 Å². The second-order valence-electron chi connectivity index (χ2n) is 4.83. The summed E-state index contributed by atoms with van der Waals surface area (Å²) < 4.78 is 5.84. The molecule has 3 aromatic rings. The maximum absolute atomic E-state index is 12.6. The van der Waals surface area contributed by atoms with E-state index in [1.54, 1.807) is 36.4 Å². The highest BCUT2D eigenvalue weighted by molar-refractivity contribution is 6.10. The molecule has 0 spiro atoms. The molecule has 0 aliphatic heterocycles. The maximum atomic E-state index is 12.6. The number of ketones is 1. The minimum absolute atomic E-state index is 0.0781. The van der Waals surface area contributed by atoms with Crippen LogP contribution in [0.25, 0.3) is 0 Å². The monoisotopic (exact) mass is 289 g/mol. The van der Waals surface area contributed by atoms with Crippen molar-refractivity contribution in [3.8, 4) is 11.5 Å². The smallest absolute Gasteiger partial charge is 0.196 e. The largest absolute Gasteiger partial charge is 0.454 e. The van der Waals surface area contributed by atoms with Crippen LogP contribution in [0.1, 0.15) is 15.9 Å². The molecule has 0 radical (unpaired) electrons. The van der Waals surface area contributed by atoms with Gasteiger partial charge in [0.1, 0.15) is 11.5 Å². The molecule has 0 saturated heterocycles. The first kappa shape index (κ1) is 13.9. The molecule has 0 aliphatic carbocycles. The fraction of sp³-hybridized carbons (Fsp3) is 0. The topological polar surface area (TPSA) is 52.3 Å². The highest BCUT2D eigenvalue weighted by Crippen LogP contribution is 2.30. The van der Waals surface area contributed by atoms with E-state index in [9.17, 15) is 4.79 Å². The second kappa shape index (κ2) is 6.14. The first-order valence-electron chi connectivity index (χ1n) is 6.97. The number of nitrogen functional groups attached to an aromatic ring is 1. The molecule has 108 valence electrons. The van der Waals surface area contributed by atoms with Gasteiger partial charge in [-0.25, -0.2) is 0 Å². The van der Waals surface area contributed by atoms with Crippen molar-refractivity contribution < 1.29 is 9.53 Å². The molecule has 22 heavy (non-hydrogen) atoms.